The van der Waals surface area contributed by atoms with Crippen LogP contribution in [0.3, 0.4) is 0 Å². The van der Waals surface area contributed by atoms with Gasteiger partial charge in [0.2, 0.25) is 0 Å². The van der Waals surface area contributed by atoms with Crippen molar-refractivity contribution in [2.24, 2.45) is 5.92 Å². The first-order chi connectivity index (χ1) is 31.0. The quantitative estimate of drug-likeness (QED) is 0.156. The molecule has 1 atom stereocenters. The molecule has 0 N–H and O–H groups in total. The molecule has 0 radical (unpaired) electrons. The van der Waals surface area contributed by atoms with Gasteiger partial charge in [-0.15, -0.1) is 0 Å². The standard InChI is InChI=1S/C61H48N2/c1-61(2)56-20-12-11-19-53(56)54-36-35-51(40-57(54)61)62(49-31-25-43(26-32-49)41-13-5-3-6-14-41)50-33-27-44(28-34-50)42-21-23-45(24-22-42)47-30-37-58-55(39-47)60-52-18-10-9-15-46(52)29-38-59(60)63(58)48-16-7-4-8-17-48/h3-7,9-14,16,18-40,46H,8,15,17H2,1-2H3. The molecule has 12 rings (SSSR count). The van der Waals surface area contributed by atoms with Gasteiger partial charge in [-0.05, 0) is 141 Å². The lowest BCUT2D eigenvalue weighted by Crippen LogP contribution is -2.16. The maximum absolute atomic E-state index is 2.52. The Labute approximate surface area is 370 Å². The average Bonchev–Trinajstić information content (AvgIpc) is 3.80. The number of anilines is 3. The number of aromatic nitrogens is 1. The van der Waals surface area contributed by atoms with Crippen molar-refractivity contribution in [3.05, 3.63) is 229 Å². The van der Waals surface area contributed by atoms with Crippen molar-refractivity contribution >= 4 is 45.3 Å². The second-order valence-corrected chi connectivity index (χ2v) is 18.0. The molecule has 2 nitrogen and oxygen atoms in total. The summed E-state index contributed by atoms with van der Waals surface area (Å²) in [6, 6.07) is 60.9. The fourth-order valence-electron chi connectivity index (χ4n) is 10.7. The van der Waals surface area contributed by atoms with Gasteiger partial charge in [0.15, 0.2) is 0 Å². The minimum atomic E-state index is -0.0907. The third-order valence-electron chi connectivity index (χ3n) is 14.0. The van der Waals surface area contributed by atoms with Crippen LogP contribution in [0.25, 0.3) is 72.8 Å². The summed E-state index contributed by atoms with van der Waals surface area (Å²) in [6.45, 7) is 4.71. The van der Waals surface area contributed by atoms with Gasteiger partial charge < -0.3 is 9.47 Å². The second kappa shape index (κ2) is 14.9. The average molecular weight is 809 g/mol. The molecule has 0 fully saturated rings. The summed E-state index contributed by atoms with van der Waals surface area (Å²) in [6.07, 6.45) is 21.6. The molecule has 8 aromatic rings. The lowest BCUT2D eigenvalue weighted by Gasteiger charge is -2.28. The highest BCUT2D eigenvalue weighted by molar-refractivity contribution is 6.04. The number of benzene rings is 7. The van der Waals surface area contributed by atoms with Crippen LogP contribution >= 0.6 is 0 Å². The molecule has 302 valence electrons. The van der Waals surface area contributed by atoms with Gasteiger partial charge in [0.1, 0.15) is 0 Å². The number of hydrogen-bond acceptors (Lipinski definition) is 1. The van der Waals surface area contributed by atoms with Crippen LogP contribution in [0.4, 0.5) is 17.1 Å². The Kier molecular flexibility index (Phi) is 8.83. The van der Waals surface area contributed by atoms with E-state index in [1.54, 1.807) is 0 Å². The van der Waals surface area contributed by atoms with Crippen LogP contribution < -0.4 is 4.90 Å². The van der Waals surface area contributed by atoms with E-state index in [9.17, 15) is 0 Å². The second-order valence-electron chi connectivity index (χ2n) is 18.0. The third kappa shape index (κ3) is 6.23. The molecule has 7 aromatic carbocycles. The molecule has 1 heterocycles. The lowest BCUT2D eigenvalue weighted by molar-refractivity contribution is 0.660. The zero-order chi connectivity index (χ0) is 42.1. The number of nitrogens with zero attached hydrogens (tertiary/aromatic N) is 2. The summed E-state index contributed by atoms with van der Waals surface area (Å²) in [7, 11) is 0. The third-order valence-corrected chi connectivity index (χ3v) is 14.0. The summed E-state index contributed by atoms with van der Waals surface area (Å²) in [5, 5.41) is 1.34. The van der Waals surface area contributed by atoms with Crippen molar-refractivity contribution in [1.29, 1.82) is 0 Å². The van der Waals surface area contributed by atoms with Gasteiger partial charge >= 0.3 is 0 Å². The van der Waals surface area contributed by atoms with Gasteiger partial charge in [0.05, 0.1) is 11.2 Å². The maximum Gasteiger partial charge on any atom is 0.0538 e. The van der Waals surface area contributed by atoms with Gasteiger partial charge in [-0.1, -0.05) is 166 Å². The van der Waals surface area contributed by atoms with Crippen LogP contribution in [0, 0.1) is 5.92 Å². The number of hydrogen-bond donors (Lipinski definition) is 0. The minimum Gasteiger partial charge on any atom is -0.313 e. The topological polar surface area (TPSA) is 8.17 Å². The van der Waals surface area contributed by atoms with Crippen molar-refractivity contribution in [3.63, 3.8) is 0 Å². The number of fused-ring (bicyclic) bond motifs is 8. The highest BCUT2D eigenvalue weighted by Gasteiger charge is 2.36. The van der Waals surface area contributed by atoms with Gasteiger partial charge in [-0.25, -0.2) is 0 Å². The first kappa shape index (κ1) is 37.4. The Morgan fingerprint density at radius 2 is 1.14 bits per heavy atom. The molecule has 0 amide bonds. The SMILES string of the molecule is CC1(C)c2ccccc2-c2ccc(N(c3ccc(-c4ccccc4)cc3)c3ccc(-c4ccc(-c5ccc6c(c5)c5c(n6C6=CC=CCC6)C=CC6CC=CC=C56)cc4)cc3)cc21. The van der Waals surface area contributed by atoms with E-state index in [2.05, 4.69) is 236 Å². The molecule has 0 spiro atoms. The molecular formula is C61H48N2. The normalized spacial score (nSPS) is 16.5. The number of allylic oxidation sites excluding steroid dienone is 9. The molecule has 63 heavy (non-hydrogen) atoms. The molecule has 0 bridgehead atoms. The maximum atomic E-state index is 2.52. The van der Waals surface area contributed by atoms with Gasteiger partial charge in [-0.2, -0.15) is 0 Å². The Hall–Kier alpha value is -7.42. The zero-order valence-corrected chi connectivity index (χ0v) is 35.8. The summed E-state index contributed by atoms with van der Waals surface area (Å²) >= 11 is 0. The molecule has 0 aliphatic heterocycles. The van der Waals surface area contributed by atoms with Crippen LogP contribution in [-0.4, -0.2) is 4.57 Å². The van der Waals surface area contributed by atoms with E-state index in [0.717, 1.165) is 36.3 Å². The first-order valence-electron chi connectivity index (χ1n) is 22.5. The van der Waals surface area contributed by atoms with Crippen molar-refractivity contribution in [2.75, 3.05) is 4.90 Å². The summed E-state index contributed by atoms with van der Waals surface area (Å²) in [4.78, 5) is 2.41. The molecular weight excluding hydrogens is 761 g/mol. The van der Waals surface area contributed by atoms with E-state index >= 15 is 0 Å². The Balaban J connectivity index is 0.886. The first-order valence-corrected chi connectivity index (χ1v) is 22.5. The van der Waals surface area contributed by atoms with Gasteiger partial charge in [0.25, 0.3) is 0 Å². The fourth-order valence-corrected chi connectivity index (χ4v) is 10.7. The van der Waals surface area contributed by atoms with Crippen LogP contribution in [0.1, 0.15) is 55.5 Å². The highest BCUT2D eigenvalue weighted by Crippen LogP contribution is 2.51. The molecule has 4 aliphatic carbocycles. The van der Waals surface area contributed by atoms with Crippen LogP contribution in [0.5, 0.6) is 0 Å². The molecule has 0 saturated heterocycles. The molecule has 2 heteroatoms. The van der Waals surface area contributed by atoms with Crippen molar-refractivity contribution in [2.45, 2.75) is 38.5 Å². The minimum absolute atomic E-state index is 0.0907. The zero-order valence-electron chi connectivity index (χ0n) is 35.8. The Morgan fingerprint density at radius 1 is 0.540 bits per heavy atom. The van der Waals surface area contributed by atoms with E-state index in [1.807, 2.05) is 0 Å². The smallest absolute Gasteiger partial charge is 0.0538 e. The van der Waals surface area contributed by atoms with E-state index in [-0.39, 0.29) is 5.41 Å². The van der Waals surface area contributed by atoms with Crippen molar-refractivity contribution < 1.29 is 0 Å². The molecule has 0 saturated carbocycles. The summed E-state index contributed by atoms with van der Waals surface area (Å²) in [5.41, 5.74) is 22.8. The molecule has 1 aromatic heterocycles. The van der Waals surface area contributed by atoms with Gasteiger partial charge in [-0.3, -0.25) is 0 Å². The highest BCUT2D eigenvalue weighted by atomic mass is 15.1. The fraction of sp³-hybridized carbons (Fsp3) is 0.115. The monoisotopic (exact) mass is 808 g/mol. The summed E-state index contributed by atoms with van der Waals surface area (Å²) in [5.74, 6) is 0.432. The van der Waals surface area contributed by atoms with Crippen LogP contribution in [0.2, 0.25) is 0 Å². The van der Waals surface area contributed by atoms with E-state index in [1.165, 1.54) is 89.1 Å². The van der Waals surface area contributed by atoms with Crippen LogP contribution in [-0.2, 0) is 5.41 Å². The van der Waals surface area contributed by atoms with E-state index in [4.69, 9.17) is 0 Å². The largest absolute Gasteiger partial charge is 0.313 e. The summed E-state index contributed by atoms with van der Waals surface area (Å²) < 4.78 is 2.52. The van der Waals surface area contributed by atoms with Crippen molar-refractivity contribution in [1.82, 2.24) is 4.57 Å². The molecule has 4 aliphatic rings. The van der Waals surface area contributed by atoms with Crippen LogP contribution in [0.15, 0.2) is 206 Å². The predicted molar refractivity (Wildman–Crippen MR) is 267 cm³/mol. The number of rotatable bonds is 7. The van der Waals surface area contributed by atoms with E-state index < -0.39 is 0 Å². The predicted octanol–water partition coefficient (Wildman–Crippen LogP) is 16.6. The molecule has 1 unspecified atom stereocenters. The lowest BCUT2D eigenvalue weighted by atomic mass is 9.81. The Morgan fingerprint density at radius 3 is 1.86 bits per heavy atom. The Bertz CT molecular complexity index is 3240. The van der Waals surface area contributed by atoms with Crippen molar-refractivity contribution in [3.8, 4) is 44.5 Å². The van der Waals surface area contributed by atoms with Gasteiger partial charge in [0, 0.05) is 45.0 Å². The van der Waals surface area contributed by atoms with E-state index in [0.29, 0.717) is 5.92 Å².